The van der Waals surface area contributed by atoms with Crippen LogP contribution in [0.2, 0.25) is 0 Å². The minimum atomic E-state index is -0.136. The molecule has 0 saturated heterocycles. The highest BCUT2D eigenvalue weighted by atomic mass is 16.5. The maximum Gasteiger partial charge on any atom is 0.243 e. The smallest absolute Gasteiger partial charge is 0.243 e. The molecule has 0 saturated carbocycles. The molecule has 0 spiro atoms. The Morgan fingerprint density at radius 2 is 1.91 bits per heavy atom. The first kappa shape index (κ1) is 16.8. The fourth-order valence-corrected chi connectivity index (χ4v) is 2.14. The van der Waals surface area contributed by atoms with Crippen LogP contribution in [0, 0.1) is 6.92 Å². The lowest BCUT2D eigenvalue weighted by Gasteiger charge is -2.11. The van der Waals surface area contributed by atoms with E-state index in [1.165, 1.54) is 0 Å². The second-order valence-corrected chi connectivity index (χ2v) is 5.17. The van der Waals surface area contributed by atoms with E-state index in [0.717, 1.165) is 28.3 Å². The van der Waals surface area contributed by atoms with Gasteiger partial charge in [-0.05, 0) is 55.3 Å². The van der Waals surface area contributed by atoms with Crippen LogP contribution in [0.25, 0.3) is 0 Å². The predicted octanol–water partition coefficient (Wildman–Crippen LogP) is 2.94. The number of hydrogen-bond donors (Lipinski definition) is 3. The number of carbonyl (C=O) groups excluding carboxylic acids is 1. The van der Waals surface area contributed by atoms with Crippen LogP contribution in [-0.2, 0) is 11.4 Å². The molecule has 5 heteroatoms. The molecule has 0 fully saturated rings. The zero-order chi connectivity index (χ0) is 16.7. The largest absolute Gasteiger partial charge is 0.494 e. The second-order valence-electron chi connectivity index (χ2n) is 5.17. The van der Waals surface area contributed by atoms with Gasteiger partial charge in [0.05, 0.1) is 19.8 Å². The molecule has 0 aliphatic carbocycles. The van der Waals surface area contributed by atoms with Gasteiger partial charge in [-0.15, -0.1) is 0 Å². The summed E-state index contributed by atoms with van der Waals surface area (Å²) in [5.74, 6) is 0.642. The van der Waals surface area contributed by atoms with Gasteiger partial charge in [0.2, 0.25) is 5.91 Å². The maximum absolute atomic E-state index is 12.0. The average Bonchev–Trinajstić information content (AvgIpc) is 2.56. The van der Waals surface area contributed by atoms with Crippen molar-refractivity contribution in [3.63, 3.8) is 0 Å². The first-order chi connectivity index (χ1) is 11.1. The molecule has 0 aromatic heterocycles. The van der Waals surface area contributed by atoms with Crippen LogP contribution in [0.15, 0.2) is 42.5 Å². The van der Waals surface area contributed by atoms with Gasteiger partial charge < -0.3 is 20.5 Å². The summed E-state index contributed by atoms with van der Waals surface area (Å²) in [6.45, 7) is 4.63. The Kier molecular flexibility index (Phi) is 6.00. The van der Waals surface area contributed by atoms with Gasteiger partial charge in [0.15, 0.2) is 0 Å². The summed E-state index contributed by atoms with van der Waals surface area (Å²) in [6.07, 6.45) is 0. The number of rotatable bonds is 7. The third kappa shape index (κ3) is 5.00. The Balaban J connectivity index is 1.90. The number of nitrogens with one attached hydrogen (secondary N) is 2. The van der Waals surface area contributed by atoms with Crippen LogP contribution in [0.4, 0.5) is 11.4 Å². The minimum absolute atomic E-state index is 0.0205. The Morgan fingerprint density at radius 1 is 1.17 bits per heavy atom. The Morgan fingerprint density at radius 3 is 2.57 bits per heavy atom. The third-order valence-electron chi connectivity index (χ3n) is 3.37. The number of aliphatic hydroxyl groups excluding tert-OH is 1. The molecule has 0 atom stereocenters. The van der Waals surface area contributed by atoms with E-state index in [2.05, 4.69) is 10.6 Å². The van der Waals surface area contributed by atoms with Gasteiger partial charge in [0.1, 0.15) is 5.75 Å². The number of amides is 1. The highest BCUT2D eigenvalue weighted by Crippen LogP contribution is 2.17. The zero-order valence-electron chi connectivity index (χ0n) is 13.4. The van der Waals surface area contributed by atoms with Crippen molar-refractivity contribution >= 4 is 17.3 Å². The number of hydrogen-bond acceptors (Lipinski definition) is 4. The fraction of sp³-hybridized carbons (Fsp3) is 0.278. The zero-order valence-corrected chi connectivity index (χ0v) is 13.4. The Labute approximate surface area is 136 Å². The summed E-state index contributed by atoms with van der Waals surface area (Å²) in [7, 11) is 0. The van der Waals surface area contributed by atoms with Crippen molar-refractivity contribution in [2.24, 2.45) is 0 Å². The van der Waals surface area contributed by atoms with Crippen LogP contribution < -0.4 is 15.4 Å². The highest BCUT2D eigenvalue weighted by molar-refractivity contribution is 5.93. The van der Waals surface area contributed by atoms with Gasteiger partial charge >= 0.3 is 0 Å². The van der Waals surface area contributed by atoms with Crippen molar-refractivity contribution in [1.82, 2.24) is 0 Å². The molecular weight excluding hydrogens is 292 g/mol. The molecule has 0 aliphatic heterocycles. The van der Waals surface area contributed by atoms with E-state index in [-0.39, 0.29) is 19.1 Å². The van der Waals surface area contributed by atoms with Gasteiger partial charge in [-0.1, -0.05) is 12.1 Å². The molecule has 0 radical (unpaired) electrons. The SMILES string of the molecule is CCOc1ccc(NC(=O)CNc2cc(CO)ccc2C)cc1. The lowest BCUT2D eigenvalue weighted by Crippen LogP contribution is -2.22. The number of ether oxygens (including phenoxy) is 1. The second kappa shape index (κ2) is 8.19. The summed E-state index contributed by atoms with van der Waals surface area (Å²) in [5.41, 5.74) is 3.40. The number of benzene rings is 2. The molecule has 0 heterocycles. The number of aryl methyl sites for hydroxylation is 1. The van der Waals surface area contributed by atoms with Crippen LogP contribution >= 0.6 is 0 Å². The van der Waals surface area contributed by atoms with Crippen LogP contribution in [-0.4, -0.2) is 24.2 Å². The van der Waals surface area contributed by atoms with Crippen molar-refractivity contribution in [3.8, 4) is 5.75 Å². The molecule has 122 valence electrons. The summed E-state index contributed by atoms with van der Waals surface area (Å²) < 4.78 is 5.36. The summed E-state index contributed by atoms with van der Waals surface area (Å²) in [6, 6.07) is 12.9. The summed E-state index contributed by atoms with van der Waals surface area (Å²) in [4.78, 5) is 12.0. The normalized spacial score (nSPS) is 10.2. The van der Waals surface area contributed by atoms with Crippen molar-refractivity contribution in [2.75, 3.05) is 23.8 Å². The van der Waals surface area contributed by atoms with E-state index in [4.69, 9.17) is 9.84 Å². The molecule has 3 N–H and O–H groups in total. The van der Waals surface area contributed by atoms with Gasteiger partial charge in [-0.25, -0.2) is 0 Å². The van der Waals surface area contributed by atoms with Crippen LogP contribution in [0.5, 0.6) is 5.75 Å². The molecular formula is C18H22N2O3. The van der Waals surface area contributed by atoms with Crippen molar-refractivity contribution in [1.29, 1.82) is 0 Å². The van der Waals surface area contributed by atoms with E-state index >= 15 is 0 Å². The van der Waals surface area contributed by atoms with E-state index in [9.17, 15) is 4.79 Å². The minimum Gasteiger partial charge on any atom is -0.494 e. The molecule has 0 bridgehead atoms. The predicted molar refractivity (Wildman–Crippen MR) is 91.8 cm³/mol. The molecule has 2 rings (SSSR count). The van der Waals surface area contributed by atoms with E-state index in [1.54, 1.807) is 12.1 Å². The van der Waals surface area contributed by atoms with Gasteiger partial charge in [0, 0.05) is 11.4 Å². The molecule has 1 amide bonds. The molecule has 0 aliphatic rings. The van der Waals surface area contributed by atoms with Crippen molar-refractivity contribution < 1.29 is 14.6 Å². The average molecular weight is 314 g/mol. The molecule has 2 aromatic carbocycles. The maximum atomic E-state index is 12.0. The lowest BCUT2D eigenvalue weighted by atomic mass is 10.1. The summed E-state index contributed by atoms with van der Waals surface area (Å²) in [5, 5.41) is 15.1. The molecule has 23 heavy (non-hydrogen) atoms. The van der Waals surface area contributed by atoms with E-state index in [0.29, 0.717) is 6.61 Å². The quantitative estimate of drug-likeness (QED) is 0.735. The summed E-state index contributed by atoms with van der Waals surface area (Å²) >= 11 is 0. The van der Waals surface area contributed by atoms with Crippen LogP contribution in [0.1, 0.15) is 18.1 Å². The van der Waals surface area contributed by atoms with Crippen molar-refractivity contribution in [2.45, 2.75) is 20.5 Å². The molecule has 5 nitrogen and oxygen atoms in total. The van der Waals surface area contributed by atoms with Gasteiger partial charge in [-0.2, -0.15) is 0 Å². The topological polar surface area (TPSA) is 70.6 Å². The number of carbonyl (C=O) groups is 1. The fourth-order valence-electron chi connectivity index (χ4n) is 2.14. The standard InChI is InChI=1S/C18H22N2O3/c1-3-23-16-8-6-15(7-9-16)20-18(22)11-19-17-10-14(12-21)5-4-13(17)2/h4-10,19,21H,3,11-12H2,1-2H3,(H,20,22). The third-order valence-corrected chi connectivity index (χ3v) is 3.37. The monoisotopic (exact) mass is 314 g/mol. The lowest BCUT2D eigenvalue weighted by molar-refractivity contribution is -0.114. The van der Waals surface area contributed by atoms with E-state index in [1.807, 2.05) is 44.2 Å². The number of anilines is 2. The first-order valence-electron chi connectivity index (χ1n) is 7.59. The highest BCUT2D eigenvalue weighted by Gasteiger charge is 2.05. The van der Waals surface area contributed by atoms with Crippen LogP contribution in [0.3, 0.4) is 0 Å². The van der Waals surface area contributed by atoms with Gasteiger partial charge in [-0.3, -0.25) is 4.79 Å². The first-order valence-corrected chi connectivity index (χ1v) is 7.59. The molecule has 0 unspecified atom stereocenters. The Bertz CT molecular complexity index is 654. The van der Waals surface area contributed by atoms with Crippen molar-refractivity contribution in [3.05, 3.63) is 53.6 Å². The van der Waals surface area contributed by atoms with E-state index < -0.39 is 0 Å². The number of aliphatic hydroxyl groups is 1. The molecule has 2 aromatic rings. The Hall–Kier alpha value is -2.53. The van der Waals surface area contributed by atoms with Gasteiger partial charge in [0.25, 0.3) is 0 Å².